The number of nitrogens with zero attached hydrogens (tertiary/aromatic N) is 1. The van der Waals surface area contributed by atoms with Crippen LogP contribution < -0.4 is 0 Å². The van der Waals surface area contributed by atoms with Crippen LogP contribution in [0.2, 0.25) is 0 Å². The van der Waals surface area contributed by atoms with E-state index in [4.69, 9.17) is 14.7 Å². The van der Waals surface area contributed by atoms with Crippen molar-refractivity contribution >= 4 is 11.9 Å². The Morgan fingerprint density at radius 2 is 1.59 bits per heavy atom. The van der Waals surface area contributed by atoms with Crippen LogP contribution in [0.15, 0.2) is 72.8 Å². The molecular weight excluding hydrogens is 402 g/mol. The Bertz CT molecular complexity index is 1180. The highest BCUT2D eigenvalue weighted by Gasteiger charge is 2.43. The molecule has 1 aliphatic heterocycles. The molecule has 32 heavy (non-hydrogen) atoms. The van der Waals surface area contributed by atoms with Crippen molar-refractivity contribution in [2.45, 2.75) is 12.3 Å². The summed E-state index contributed by atoms with van der Waals surface area (Å²) in [4.78, 5) is 25.3. The number of hydrogen-bond donors (Lipinski definition) is 0. The van der Waals surface area contributed by atoms with Gasteiger partial charge < -0.3 is 9.47 Å². The fourth-order valence-electron chi connectivity index (χ4n) is 4.70. The van der Waals surface area contributed by atoms with Gasteiger partial charge in [0.2, 0.25) is 0 Å². The molecule has 5 rings (SSSR count). The first-order valence-corrected chi connectivity index (χ1v) is 10.7. The Morgan fingerprint density at radius 3 is 2.22 bits per heavy atom. The van der Waals surface area contributed by atoms with Crippen LogP contribution >= 0.6 is 0 Å². The maximum Gasteiger partial charge on any atom is 0.313 e. The Labute approximate surface area is 186 Å². The molecule has 158 valence electrons. The molecule has 1 heterocycles. The average Bonchev–Trinajstić information content (AvgIpc) is 3.36. The molecule has 0 bridgehead atoms. The molecule has 1 fully saturated rings. The van der Waals surface area contributed by atoms with Crippen molar-refractivity contribution in [2.75, 3.05) is 13.2 Å². The number of carbonyl (C=O) groups is 2. The SMILES string of the molecule is N#Cc1ccc(C[C@H]2C(=O)OCC2C(=O)OCC2c3ccccc3-c3ccccc32)cc1. The van der Waals surface area contributed by atoms with Crippen LogP contribution in [0, 0.1) is 23.2 Å². The standard InChI is InChI=1S/C27H21NO4/c28-14-18-11-9-17(10-12-18)13-23-25(16-32-26(23)29)27(30)31-15-24-21-7-3-1-5-19(21)20-6-2-4-8-22(20)24/h1-12,23-25H,13,15-16H2/t23-,25?/m1/s1. The van der Waals surface area contributed by atoms with Crippen molar-refractivity contribution in [3.8, 4) is 17.2 Å². The van der Waals surface area contributed by atoms with Crippen LogP contribution in [0.5, 0.6) is 0 Å². The molecule has 1 unspecified atom stereocenters. The van der Waals surface area contributed by atoms with Crippen molar-refractivity contribution in [1.82, 2.24) is 0 Å². The third-order valence-electron chi connectivity index (χ3n) is 6.39. The van der Waals surface area contributed by atoms with Crippen molar-refractivity contribution < 1.29 is 19.1 Å². The van der Waals surface area contributed by atoms with Crippen LogP contribution in [0.3, 0.4) is 0 Å². The molecule has 1 aliphatic carbocycles. The van der Waals surface area contributed by atoms with Crippen molar-refractivity contribution in [2.24, 2.45) is 11.8 Å². The van der Waals surface area contributed by atoms with E-state index in [0.717, 1.165) is 16.7 Å². The summed E-state index contributed by atoms with van der Waals surface area (Å²) in [6.07, 6.45) is 0.374. The van der Waals surface area contributed by atoms with Crippen LogP contribution in [0.25, 0.3) is 11.1 Å². The van der Waals surface area contributed by atoms with E-state index in [-0.39, 0.29) is 25.1 Å². The van der Waals surface area contributed by atoms with Gasteiger partial charge in [0, 0.05) is 5.92 Å². The summed E-state index contributed by atoms with van der Waals surface area (Å²) in [7, 11) is 0. The van der Waals surface area contributed by atoms with Gasteiger partial charge in [0.25, 0.3) is 0 Å². The second-order valence-electron chi connectivity index (χ2n) is 8.21. The predicted octanol–water partition coefficient (Wildman–Crippen LogP) is 4.25. The predicted molar refractivity (Wildman–Crippen MR) is 117 cm³/mol. The summed E-state index contributed by atoms with van der Waals surface area (Å²) in [6.45, 7) is 0.261. The lowest BCUT2D eigenvalue weighted by molar-refractivity contribution is -0.150. The first-order valence-electron chi connectivity index (χ1n) is 10.7. The smallest absolute Gasteiger partial charge is 0.313 e. The number of rotatable bonds is 5. The quantitative estimate of drug-likeness (QED) is 0.574. The fraction of sp³-hybridized carbons (Fsp3) is 0.222. The van der Waals surface area contributed by atoms with Gasteiger partial charge in [0.15, 0.2) is 0 Å². The van der Waals surface area contributed by atoms with Gasteiger partial charge in [-0.15, -0.1) is 0 Å². The molecule has 0 N–H and O–H groups in total. The molecule has 1 saturated heterocycles. The van der Waals surface area contributed by atoms with Gasteiger partial charge in [-0.25, -0.2) is 0 Å². The monoisotopic (exact) mass is 423 g/mol. The third-order valence-corrected chi connectivity index (χ3v) is 6.39. The van der Waals surface area contributed by atoms with E-state index >= 15 is 0 Å². The Balaban J connectivity index is 1.30. The molecule has 5 nitrogen and oxygen atoms in total. The Kier molecular flexibility index (Phi) is 5.20. The van der Waals surface area contributed by atoms with Crippen LogP contribution in [-0.2, 0) is 25.5 Å². The molecule has 5 heteroatoms. The number of benzene rings is 3. The van der Waals surface area contributed by atoms with Crippen LogP contribution in [-0.4, -0.2) is 25.2 Å². The van der Waals surface area contributed by atoms with E-state index in [1.807, 2.05) is 24.3 Å². The number of fused-ring (bicyclic) bond motifs is 3. The second-order valence-corrected chi connectivity index (χ2v) is 8.21. The summed E-state index contributed by atoms with van der Waals surface area (Å²) in [6, 6.07) is 25.4. The van der Waals surface area contributed by atoms with E-state index in [2.05, 4.69) is 30.3 Å². The molecule has 2 atom stereocenters. The molecule has 0 aromatic heterocycles. The molecule has 0 amide bonds. The largest absolute Gasteiger partial charge is 0.464 e. The minimum absolute atomic E-state index is 0.0265. The average molecular weight is 423 g/mol. The summed E-state index contributed by atoms with van der Waals surface area (Å²) >= 11 is 0. The number of nitriles is 1. The number of carbonyl (C=O) groups excluding carboxylic acids is 2. The number of esters is 2. The van der Waals surface area contributed by atoms with E-state index in [0.29, 0.717) is 12.0 Å². The summed E-state index contributed by atoms with van der Waals surface area (Å²) in [5.41, 5.74) is 6.06. The maximum absolute atomic E-state index is 13.0. The lowest BCUT2D eigenvalue weighted by Gasteiger charge is -2.18. The molecule has 0 radical (unpaired) electrons. The van der Waals surface area contributed by atoms with Crippen LogP contribution in [0.4, 0.5) is 0 Å². The van der Waals surface area contributed by atoms with E-state index in [1.54, 1.807) is 24.3 Å². The van der Waals surface area contributed by atoms with Gasteiger partial charge in [-0.1, -0.05) is 60.7 Å². The second kappa shape index (κ2) is 8.32. The Morgan fingerprint density at radius 1 is 0.969 bits per heavy atom. The lowest BCUT2D eigenvalue weighted by atomic mass is 9.89. The zero-order valence-corrected chi connectivity index (χ0v) is 17.4. The highest BCUT2D eigenvalue weighted by Crippen LogP contribution is 2.44. The summed E-state index contributed by atoms with van der Waals surface area (Å²) in [5, 5.41) is 8.96. The topological polar surface area (TPSA) is 76.4 Å². The first-order chi connectivity index (χ1) is 15.7. The maximum atomic E-state index is 13.0. The minimum Gasteiger partial charge on any atom is -0.464 e. The van der Waals surface area contributed by atoms with Gasteiger partial charge in [-0.05, 0) is 46.4 Å². The van der Waals surface area contributed by atoms with Gasteiger partial charge in [0.1, 0.15) is 19.1 Å². The number of hydrogen-bond acceptors (Lipinski definition) is 5. The van der Waals surface area contributed by atoms with Gasteiger partial charge >= 0.3 is 11.9 Å². The van der Waals surface area contributed by atoms with Gasteiger partial charge in [-0.3, -0.25) is 9.59 Å². The molecule has 3 aromatic carbocycles. The van der Waals surface area contributed by atoms with Crippen molar-refractivity contribution in [1.29, 1.82) is 5.26 Å². The van der Waals surface area contributed by atoms with Crippen molar-refractivity contribution in [3.63, 3.8) is 0 Å². The highest BCUT2D eigenvalue weighted by atomic mass is 16.6. The third kappa shape index (κ3) is 3.54. The zero-order chi connectivity index (χ0) is 22.1. The summed E-state index contributed by atoms with van der Waals surface area (Å²) in [5.74, 6) is -2.03. The summed E-state index contributed by atoms with van der Waals surface area (Å²) < 4.78 is 11.0. The van der Waals surface area contributed by atoms with E-state index < -0.39 is 17.8 Å². The molecule has 0 saturated carbocycles. The molecular formula is C27H21NO4. The number of ether oxygens (including phenoxy) is 2. The van der Waals surface area contributed by atoms with E-state index in [1.165, 1.54) is 11.1 Å². The van der Waals surface area contributed by atoms with E-state index in [9.17, 15) is 9.59 Å². The minimum atomic E-state index is -0.634. The highest BCUT2D eigenvalue weighted by molar-refractivity contribution is 5.85. The zero-order valence-electron chi connectivity index (χ0n) is 17.4. The fourth-order valence-corrected chi connectivity index (χ4v) is 4.70. The van der Waals surface area contributed by atoms with Crippen LogP contribution in [0.1, 0.15) is 28.2 Å². The first kappa shape index (κ1) is 20.0. The molecule has 2 aliphatic rings. The number of cyclic esters (lactones) is 1. The Hall–Kier alpha value is -3.91. The van der Waals surface area contributed by atoms with Gasteiger partial charge in [-0.2, -0.15) is 5.26 Å². The van der Waals surface area contributed by atoms with Gasteiger partial charge in [0.05, 0.1) is 17.6 Å². The molecule has 3 aromatic rings. The normalized spacial score (nSPS) is 19.0. The van der Waals surface area contributed by atoms with Crippen molar-refractivity contribution in [3.05, 3.63) is 95.1 Å². The lowest BCUT2D eigenvalue weighted by Crippen LogP contribution is -2.28. The molecule has 0 spiro atoms.